The lowest BCUT2D eigenvalue weighted by Gasteiger charge is -2.35. The highest BCUT2D eigenvalue weighted by Gasteiger charge is 2.27. The van der Waals surface area contributed by atoms with E-state index in [1.54, 1.807) is 17.0 Å². The zero-order chi connectivity index (χ0) is 25.8. The predicted octanol–water partition coefficient (Wildman–Crippen LogP) is 3.92. The number of aromatic nitrogens is 2. The van der Waals surface area contributed by atoms with Gasteiger partial charge in [0.25, 0.3) is 11.1 Å². The number of piperazine rings is 1. The average Bonchev–Trinajstić information content (AvgIpc) is 3.25. The van der Waals surface area contributed by atoms with Crippen LogP contribution in [0.3, 0.4) is 0 Å². The maximum absolute atomic E-state index is 12.7. The first kappa shape index (κ1) is 24.3. The monoisotopic (exact) mass is 515 g/mol. The quantitative estimate of drug-likeness (QED) is 0.492. The number of anilines is 4. The summed E-state index contributed by atoms with van der Waals surface area (Å²) < 4.78 is 0. The summed E-state index contributed by atoms with van der Waals surface area (Å²) in [5, 5.41) is 4.79. The molecule has 0 radical (unpaired) electrons. The smallest absolute Gasteiger partial charge is 0.321 e. The van der Waals surface area contributed by atoms with Gasteiger partial charge in [0, 0.05) is 50.7 Å². The van der Waals surface area contributed by atoms with E-state index in [4.69, 9.17) is 4.98 Å². The van der Waals surface area contributed by atoms with Crippen molar-refractivity contribution in [3.63, 3.8) is 0 Å². The van der Waals surface area contributed by atoms with Gasteiger partial charge in [0.05, 0.1) is 10.6 Å². The van der Waals surface area contributed by atoms with Crippen LogP contribution in [0.2, 0.25) is 0 Å². The minimum Gasteiger partial charge on any atom is -0.337 e. The summed E-state index contributed by atoms with van der Waals surface area (Å²) in [5.74, 6) is 0.693. The fourth-order valence-electron chi connectivity index (χ4n) is 4.00. The number of para-hydroxylation sites is 2. The third-order valence-corrected chi connectivity index (χ3v) is 6.81. The van der Waals surface area contributed by atoms with Crippen molar-refractivity contribution in [3.8, 4) is 0 Å². The molecule has 10 nitrogen and oxygen atoms in total. The molecule has 2 aromatic carbocycles. The van der Waals surface area contributed by atoms with Crippen molar-refractivity contribution in [1.29, 1.82) is 0 Å². The van der Waals surface area contributed by atoms with Gasteiger partial charge in [-0.2, -0.15) is 4.98 Å². The molecule has 0 aliphatic carbocycles. The molecule has 0 bridgehead atoms. The largest absolute Gasteiger partial charge is 0.337 e. The molecule has 1 aromatic heterocycles. The van der Waals surface area contributed by atoms with Crippen LogP contribution >= 0.6 is 11.8 Å². The summed E-state index contributed by atoms with van der Waals surface area (Å²) in [6, 6.07) is 20.8. The van der Waals surface area contributed by atoms with Gasteiger partial charge in [-0.25, -0.2) is 9.78 Å². The predicted molar refractivity (Wildman–Crippen MR) is 145 cm³/mol. The Bertz CT molecular complexity index is 1340. The van der Waals surface area contributed by atoms with E-state index in [0.29, 0.717) is 43.6 Å². The molecule has 3 aromatic rings. The van der Waals surface area contributed by atoms with E-state index in [0.717, 1.165) is 23.1 Å². The number of imide groups is 1. The van der Waals surface area contributed by atoms with Crippen LogP contribution in [0.15, 0.2) is 71.6 Å². The van der Waals surface area contributed by atoms with Crippen LogP contribution in [0.1, 0.15) is 5.69 Å². The van der Waals surface area contributed by atoms with Crippen molar-refractivity contribution >= 4 is 58.2 Å². The molecule has 0 unspecified atom stereocenters. The van der Waals surface area contributed by atoms with Crippen molar-refractivity contribution in [2.24, 2.45) is 0 Å². The molecule has 0 spiro atoms. The van der Waals surface area contributed by atoms with E-state index in [1.807, 2.05) is 77.5 Å². The number of hydrogen-bond acceptors (Lipinski definition) is 8. The van der Waals surface area contributed by atoms with Crippen molar-refractivity contribution in [1.82, 2.24) is 20.2 Å². The molecule has 4 amide bonds. The van der Waals surface area contributed by atoms with E-state index in [-0.39, 0.29) is 10.9 Å². The van der Waals surface area contributed by atoms with Gasteiger partial charge in [0.15, 0.2) is 0 Å². The van der Waals surface area contributed by atoms with Crippen LogP contribution in [0, 0.1) is 0 Å². The van der Waals surface area contributed by atoms with Crippen molar-refractivity contribution in [2.45, 2.75) is 0 Å². The fraction of sp³-hybridized carbons (Fsp3) is 0.192. The highest BCUT2D eigenvalue weighted by Crippen LogP contribution is 2.29. The molecular formula is C26H25N7O3S. The number of thioether (sulfide) groups is 1. The molecule has 188 valence electrons. The molecule has 37 heavy (non-hydrogen) atoms. The lowest BCUT2D eigenvalue weighted by atomic mass is 10.2. The third kappa shape index (κ3) is 5.72. The Morgan fingerprint density at radius 2 is 1.68 bits per heavy atom. The molecule has 2 aliphatic heterocycles. The second-order valence-corrected chi connectivity index (χ2v) is 9.48. The van der Waals surface area contributed by atoms with E-state index in [2.05, 4.69) is 15.6 Å². The van der Waals surface area contributed by atoms with Gasteiger partial charge in [-0.3, -0.25) is 14.9 Å². The maximum Gasteiger partial charge on any atom is 0.321 e. The number of nitrogens with one attached hydrogen (secondary N) is 2. The summed E-state index contributed by atoms with van der Waals surface area (Å²) in [4.78, 5) is 51.9. The Labute approximate surface area is 218 Å². The highest BCUT2D eigenvalue weighted by atomic mass is 32.2. The van der Waals surface area contributed by atoms with Crippen LogP contribution in [0.5, 0.6) is 0 Å². The van der Waals surface area contributed by atoms with E-state index < -0.39 is 11.1 Å². The Morgan fingerprint density at radius 1 is 1.00 bits per heavy atom. The number of hydrogen-bond donors (Lipinski definition) is 2. The lowest BCUT2D eigenvalue weighted by Crippen LogP contribution is -2.50. The molecule has 11 heteroatoms. The average molecular weight is 516 g/mol. The van der Waals surface area contributed by atoms with Crippen LogP contribution in [-0.4, -0.2) is 65.3 Å². The van der Waals surface area contributed by atoms with Gasteiger partial charge in [-0.1, -0.05) is 36.4 Å². The van der Waals surface area contributed by atoms with Gasteiger partial charge >= 0.3 is 6.03 Å². The Hall–Kier alpha value is -4.38. The number of benzene rings is 2. The molecule has 3 heterocycles. The van der Waals surface area contributed by atoms with Crippen molar-refractivity contribution in [3.05, 3.63) is 77.3 Å². The zero-order valence-corrected chi connectivity index (χ0v) is 20.9. The minimum absolute atomic E-state index is 0.149. The second-order valence-electron chi connectivity index (χ2n) is 8.47. The normalized spacial score (nSPS) is 16.6. The maximum atomic E-state index is 12.7. The van der Waals surface area contributed by atoms with Gasteiger partial charge < -0.3 is 20.0 Å². The van der Waals surface area contributed by atoms with Gasteiger partial charge in [-0.15, -0.1) is 0 Å². The van der Waals surface area contributed by atoms with E-state index in [9.17, 15) is 14.4 Å². The number of nitrogens with zero attached hydrogens (tertiary/aromatic N) is 5. The van der Waals surface area contributed by atoms with Crippen LogP contribution in [0.4, 0.5) is 32.7 Å². The second kappa shape index (κ2) is 10.7. The number of rotatable bonds is 5. The van der Waals surface area contributed by atoms with Gasteiger partial charge in [-0.05, 0) is 42.1 Å². The minimum atomic E-state index is -0.439. The highest BCUT2D eigenvalue weighted by molar-refractivity contribution is 8.18. The standard InChI is InChI=1S/C26H25N7O3S/c1-31(20-10-6-3-7-11-20)22-17-19(16-21-23(34)30-26(36)37-21)27-24(29-22)32-12-14-33(15-13-32)25(35)28-18-8-4-2-5-9-18/h2-11,16-17H,12-15H2,1H3,(H,28,35)(H,30,34,36)/b21-16-. The van der Waals surface area contributed by atoms with Crippen LogP contribution in [0.25, 0.3) is 6.08 Å². The zero-order valence-electron chi connectivity index (χ0n) is 20.1. The summed E-state index contributed by atoms with van der Waals surface area (Å²) in [7, 11) is 1.91. The van der Waals surface area contributed by atoms with Crippen LogP contribution in [-0.2, 0) is 4.79 Å². The van der Waals surface area contributed by atoms with Crippen molar-refractivity contribution in [2.75, 3.05) is 48.3 Å². The number of carbonyl (C=O) groups excluding carboxylic acids is 3. The van der Waals surface area contributed by atoms with Crippen molar-refractivity contribution < 1.29 is 14.4 Å². The first-order valence-electron chi connectivity index (χ1n) is 11.7. The Morgan fingerprint density at radius 3 is 2.32 bits per heavy atom. The fourth-order valence-corrected chi connectivity index (χ4v) is 4.67. The van der Waals surface area contributed by atoms with E-state index >= 15 is 0 Å². The summed E-state index contributed by atoms with van der Waals surface area (Å²) in [6.45, 7) is 2.10. The molecule has 5 rings (SSSR count). The first-order valence-corrected chi connectivity index (χ1v) is 12.6. The summed E-state index contributed by atoms with van der Waals surface area (Å²) in [6.07, 6.45) is 1.60. The SMILES string of the molecule is CN(c1ccccc1)c1cc(/C=C2\SC(=O)NC2=O)nc(N2CCN(C(=O)Nc3ccccc3)CC2)n1. The summed E-state index contributed by atoms with van der Waals surface area (Å²) in [5.41, 5.74) is 2.20. The number of urea groups is 1. The molecule has 2 aliphatic rings. The molecule has 2 fully saturated rings. The Balaban J connectivity index is 1.37. The molecule has 2 saturated heterocycles. The molecular weight excluding hydrogens is 490 g/mol. The molecule has 2 N–H and O–H groups in total. The first-order chi connectivity index (χ1) is 18.0. The third-order valence-electron chi connectivity index (χ3n) is 6.00. The van der Waals surface area contributed by atoms with Gasteiger partial charge in [0.2, 0.25) is 5.95 Å². The van der Waals surface area contributed by atoms with E-state index in [1.165, 1.54) is 0 Å². The molecule has 0 saturated carbocycles. The van der Waals surface area contributed by atoms with Crippen LogP contribution < -0.4 is 20.4 Å². The Kier molecular flexibility index (Phi) is 7.04. The molecule has 0 atom stereocenters. The topological polar surface area (TPSA) is 111 Å². The lowest BCUT2D eigenvalue weighted by molar-refractivity contribution is -0.115. The number of carbonyl (C=O) groups is 3. The summed E-state index contributed by atoms with van der Waals surface area (Å²) >= 11 is 0.848. The number of amides is 4. The van der Waals surface area contributed by atoms with Gasteiger partial charge in [0.1, 0.15) is 5.82 Å².